The second-order valence-electron chi connectivity index (χ2n) is 2.66. The molecule has 0 saturated carbocycles. The summed E-state index contributed by atoms with van der Waals surface area (Å²) in [5.74, 6) is 0. The van der Waals surface area contributed by atoms with Gasteiger partial charge in [-0.05, 0) is 5.56 Å². The second-order valence-corrected chi connectivity index (χ2v) is 4.01. The van der Waals surface area contributed by atoms with E-state index in [1.165, 1.54) is 0 Å². The van der Waals surface area contributed by atoms with E-state index in [1.54, 1.807) is 30.3 Å². The monoisotopic (exact) mass is 200 g/mol. The topological polar surface area (TPSA) is 55.4 Å². The van der Waals surface area contributed by atoms with Crippen LogP contribution in [0.4, 0.5) is 0 Å². The molecule has 5 heteroatoms. The van der Waals surface area contributed by atoms with Crippen LogP contribution in [0.1, 0.15) is 13.0 Å². The van der Waals surface area contributed by atoms with Gasteiger partial charge in [0, 0.05) is 0 Å². The zero-order valence-corrected chi connectivity index (χ0v) is 7.54. The van der Waals surface area contributed by atoms with Gasteiger partial charge in [-0.25, -0.2) is 0 Å². The van der Waals surface area contributed by atoms with E-state index in [1.807, 2.05) is 0 Å². The fraction of sp³-hybridized carbons (Fsp3) is 0.250. The third-order valence-electron chi connectivity index (χ3n) is 1.73. The molecule has 0 amide bonds. The van der Waals surface area contributed by atoms with Crippen molar-refractivity contribution in [3.63, 3.8) is 0 Å². The first kappa shape index (κ1) is 7.49. The zero-order valence-electron chi connectivity index (χ0n) is 7.73. The lowest BCUT2D eigenvalue weighted by Crippen LogP contribution is -2.19. The maximum atomic E-state index is 11.0. The van der Waals surface area contributed by atoms with Crippen molar-refractivity contribution < 1.29 is 14.0 Å². The summed E-state index contributed by atoms with van der Waals surface area (Å²) in [5, 5.41) is 0. The van der Waals surface area contributed by atoms with E-state index in [0.29, 0.717) is 5.56 Å². The van der Waals surface area contributed by atoms with Crippen LogP contribution in [0.15, 0.2) is 30.3 Å². The van der Waals surface area contributed by atoms with Crippen molar-refractivity contribution >= 4 is 10.3 Å². The maximum absolute atomic E-state index is 11.0. The molecule has 0 aromatic heterocycles. The molecule has 1 fully saturated rings. The van der Waals surface area contributed by atoms with Crippen LogP contribution >= 0.6 is 0 Å². The van der Waals surface area contributed by atoms with E-state index < -0.39 is 16.3 Å². The van der Waals surface area contributed by atoms with E-state index in [2.05, 4.69) is 8.91 Å². The standard InChI is InChI=1S/C8H9NO3S/c10-13(11)9-8(6-12-13)7-4-2-1-3-5-7/h1-5,8-9H,6H2/i8D. The van der Waals surface area contributed by atoms with Crippen LogP contribution in [-0.2, 0) is 14.5 Å². The molecule has 0 radical (unpaired) electrons. The predicted octanol–water partition coefficient (Wildman–Crippen LogP) is 0.592. The fourth-order valence-electron chi connectivity index (χ4n) is 1.13. The van der Waals surface area contributed by atoms with Crippen LogP contribution in [0.25, 0.3) is 0 Å². The minimum absolute atomic E-state index is 0.195. The Kier molecular flexibility index (Phi) is 1.78. The Morgan fingerprint density at radius 3 is 2.69 bits per heavy atom. The SMILES string of the molecule is [2H]C1(c2ccccc2)COS(=O)(=O)N1. The van der Waals surface area contributed by atoms with Gasteiger partial charge in [0.2, 0.25) is 0 Å². The number of hydrogen-bond acceptors (Lipinski definition) is 3. The Balaban J connectivity index is 2.37. The van der Waals surface area contributed by atoms with Gasteiger partial charge in [-0.15, -0.1) is 0 Å². The molecule has 0 aliphatic carbocycles. The number of nitrogens with one attached hydrogen (secondary N) is 1. The first-order valence-electron chi connectivity index (χ1n) is 4.26. The Morgan fingerprint density at radius 1 is 1.46 bits per heavy atom. The van der Waals surface area contributed by atoms with Crippen molar-refractivity contribution in [2.75, 3.05) is 6.61 Å². The molecular formula is C8H9NO3S. The maximum Gasteiger partial charge on any atom is 0.336 e. The first-order chi connectivity index (χ1) is 6.52. The summed E-state index contributed by atoms with van der Waals surface area (Å²) in [5.41, 5.74) is 0.570. The molecular weight excluding hydrogens is 190 g/mol. The predicted molar refractivity (Wildman–Crippen MR) is 47.2 cm³/mol. The summed E-state index contributed by atoms with van der Waals surface area (Å²) in [6.07, 6.45) is 0. The quantitative estimate of drug-likeness (QED) is 0.722. The van der Waals surface area contributed by atoms with Gasteiger partial charge in [-0.2, -0.15) is 13.1 Å². The minimum Gasteiger partial charge on any atom is -0.256 e. The lowest BCUT2D eigenvalue weighted by atomic mass is 10.1. The molecule has 1 heterocycles. The van der Waals surface area contributed by atoms with Gasteiger partial charge in [0.1, 0.15) is 0 Å². The van der Waals surface area contributed by atoms with Gasteiger partial charge in [0.15, 0.2) is 0 Å². The van der Waals surface area contributed by atoms with E-state index in [9.17, 15) is 8.42 Å². The van der Waals surface area contributed by atoms with Crippen molar-refractivity contribution in [1.82, 2.24) is 4.72 Å². The van der Waals surface area contributed by atoms with Gasteiger partial charge in [0.25, 0.3) is 0 Å². The van der Waals surface area contributed by atoms with Crippen LogP contribution in [0, 0.1) is 0 Å². The van der Waals surface area contributed by atoms with Crippen LogP contribution in [-0.4, -0.2) is 15.0 Å². The Hall–Kier alpha value is -0.910. The van der Waals surface area contributed by atoms with Crippen molar-refractivity contribution in [2.45, 2.75) is 6.02 Å². The number of hydrogen-bond donors (Lipinski definition) is 1. The minimum atomic E-state index is -3.74. The molecule has 0 spiro atoms. The molecule has 1 N–H and O–H groups in total. The van der Waals surface area contributed by atoms with Crippen molar-refractivity contribution in [1.29, 1.82) is 0 Å². The van der Waals surface area contributed by atoms with Gasteiger partial charge < -0.3 is 0 Å². The Morgan fingerprint density at radius 2 is 2.15 bits per heavy atom. The van der Waals surface area contributed by atoms with Crippen LogP contribution in [0.2, 0.25) is 0 Å². The lowest BCUT2D eigenvalue weighted by Gasteiger charge is -2.05. The molecule has 1 aliphatic rings. The molecule has 0 bridgehead atoms. The number of benzene rings is 1. The second kappa shape index (κ2) is 3.10. The van der Waals surface area contributed by atoms with Crippen LogP contribution in [0.3, 0.4) is 0 Å². The van der Waals surface area contributed by atoms with E-state index in [0.717, 1.165) is 0 Å². The third kappa shape index (κ3) is 1.88. The third-order valence-corrected chi connectivity index (χ3v) is 2.65. The Bertz CT molecular complexity index is 433. The average molecular weight is 200 g/mol. The summed E-state index contributed by atoms with van der Waals surface area (Å²) in [7, 11) is -3.74. The van der Waals surface area contributed by atoms with Gasteiger partial charge in [-0.1, -0.05) is 30.3 Å². The first-order valence-corrected chi connectivity index (χ1v) is 5.17. The van der Waals surface area contributed by atoms with Gasteiger partial charge >= 0.3 is 10.3 Å². The van der Waals surface area contributed by atoms with Crippen LogP contribution < -0.4 is 4.72 Å². The zero-order chi connectivity index (χ0) is 10.2. The Labute approximate surface area is 78.2 Å². The summed E-state index contributed by atoms with van der Waals surface area (Å²) in [6, 6.07) is 7.28. The molecule has 70 valence electrons. The molecule has 1 saturated heterocycles. The molecule has 1 aromatic rings. The highest BCUT2D eigenvalue weighted by atomic mass is 32.2. The molecule has 1 aliphatic heterocycles. The summed E-state index contributed by atoms with van der Waals surface area (Å²) in [6.45, 7) is -0.195. The molecule has 2 rings (SSSR count). The fourth-order valence-corrected chi connectivity index (χ4v) is 1.94. The molecule has 4 nitrogen and oxygen atoms in total. The lowest BCUT2D eigenvalue weighted by molar-refractivity contribution is 0.338. The molecule has 1 aromatic carbocycles. The van der Waals surface area contributed by atoms with E-state index in [4.69, 9.17) is 1.37 Å². The highest BCUT2D eigenvalue weighted by Crippen LogP contribution is 2.19. The normalized spacial score (nSPS) is 32.8. The van der Waals surface area contributed by atoms with Crippen molar-refractivity contribution in [3.8, 4) is 0 Å². The van der Waals surface area contributed by atoms with Crippen LogP contribution in [0.5, 0.6) is 0 Å². The van der Waals surface area contributed by atoms with Gasteiger partial charge in [0.05, 0.1) is 14.0 Å². The summed E-state index contributed by atoms with van der Waals surface area (Å²) in [4.78, 5) is 0. The summed E-state index contributed by atoms with van der Waals surface area (Å²) < 4.78 is 36.4. The van der Waals surface area contributed by atoms with E-state index >= 15 is 0 Å². The highest BCUT2D eigenvalue weighted by molar-refractivity contribution is 7.84. The van der Waals surface area contributed by atoms with Gasteiger partial charge in [-0.3, -0.25) is 4.18 Å². The van der Waals surface area contributed by atoms with E-state index in [-0.39, 0.29) is 6.61 Å². The van der Waals surface area contributed by atoms with Crippen molar-refractivity contribution in [2.24, 2.45) is 0 Å². The highest BCUT2D eigenvalue weighted by Gasteiger charge is 2.28. The number of rotatable bonds is 1. The molecule has 1 unspecified atom stereocenters. The molecule has 13 heavy (non-hydrogen) atoms. The van der Waals surface area contributed by atoms with Crippen molar-refractivity contribution in [3.05, 3.63) is 35.9 Å². The average Bonchev–Trinajstić information content (AvgIpc) is 2.44. The largest absolute Gasteiger partial charge is 0.336 e. The molecule has 1 atom stereocenters. The smallest absolute Gasteiger partial charge is 0.256 e. The summed E-state index contributed by atoms with van der Waals surface area (Å²) >= 11 is 0.